The van der Waals surface area contributed by atoms with Crippen molar-refractivity contribution in [1.82, 2.24) is 0 Å². The lowest BCUT2D eigenvalue weighted by molar-refractivity contribution is -0.159. The maximum absolute atomic E-state index is 13.1. The van der Waals surface area contributed by atoms with E-state index in [2.05, 4.69) is 13.8 Å². The summed E-state index contributed by atoms with van der Waals surface area (Å²) in [5.74, 6) is 2.90. The standard InChI is InChI=1S/C19H30O2/c1-18-8-3-4-15(18)14-6-5-12-10-13(20)7-9-19(12,2)17(14)16(21)11-18/h12-15,17,20H,3-11H2,1-2H3/t12-,13-,14+,15-,17+,18-,19+/m1/s1. The molecule has 4 rings (SSSR count). The van der Waals surface area contributed by atoms with Crippen molar-refractivity contribution >= 4 is 5.78 Å². The summed E-state index contributed by atoms with van der Waals surface area (Å²) in [6, 6.07) is 0. The Hall–Kier alpha value is -0.370. The van der Waals surface area contributed by atoms with Gasteiger partial charge in [0.2, 0.25) is 0 Å². The third-order valence-electron chi connectivity index (χ3n) is 8.09. The maximum Gasteiger partial charge on any atom is 0.137 e. The Morgan fingerprint density at radius 2 is 1.90 bits per heavy atom. The first-order chi connectivity index (χ1) is 9.94. The first kappa shape index (κ1) is 14.2. The van der Waals surface area contributed by atoms with Crippen LogP contribution < -0.4 is 0 Å². The molecule has 0 unspecified atom stereocenters. The van der Waals surface area contributed by atoms with Crippen molar-refractivity contribution in [2.45, 2.75) is 77.7 Å². The number of hydrogen-bond acceptors (Lipinski definition) is 2. The number of aliphatic hydroxyl groups excluding tert-OH is 1. The van der Waals surface area contributed by atoms with Gasteiger partial charge >= 0.3 is 0 Å². The normalized spacial score (nSPS) is 56.5. The molecule has 2 heteroatoms. The molecular weight excluding hydrogens is 260 g/mol. The molecule has 0 spiro atoms. The van der Waals surface area contributed by atoms with Crippen molar-refractivity contribution in [2.24, 2.45) is 34.5 Å². The fourth-order valence-corrected chi connectivity index (χ4v) is 7.06. The SMILES string of the molecule is C[C@]12CCC[C@@H]1[C@@H]1CC[C@@H]3C[C@H](O)CC[C@]3(C)[C@@H]1C(=O)C2. The van der Waals surface area contributed by atoms with E-state index in [1.54, 1.807) is 0 Å². The second kappa shape index (κ2) is 4.57. The highest BCUT2D eigenvalue weighted by atomic mass is 16.3. The largest absolute Gasteiger partial charge is 0.393 e. The molecule has 0 aliphatic heterocycles. The molecule has 0 aromatic rings. The number of fused-ring (bicyclic) bond motifs is 5. The van der Waals surface area contributed by atoms with Crippen LogP contribution in [0.1, 0.15) is 71.6 Å². The molecule has 7 atom stereocenters. The van der Waals surface area contributed by atoms with Crippen LogP contribution in [0.25, 0.3) is 0 Å². The van der Waals surface area contributed by atoms with Crippen LogP contribution in [-0.4, -0.2) is 17.0 Å². The first-order valence-corrected chi connectivity index (χ1v) is 9.15. The molecule has 0 radical (unpaired) electrons. The summed E-state index contributed by atoms with van der Waals surface area (Å²) in [7, 11) is 0. The predicted octanol–water partition coefficient (Wildman–Crippen LogP) is 3.96. The van der Waals surface area contributed by atoms with Crippen LogP contribution in [0, 0.1) is 34.5 Å². The van der Waals surface area contributed by atoms with E-state index in [-0.39, 0.29) is 11.5 Å². The Kier molecular flexibility index (Phi) is 3.10. The van der Waals surface area contributed by atoms with E-state index < -0.39 is 0 Å². The minimum absolute atomic E-state index is 0.116. The third kappa shape index (κ3) is 1.90. The van der Waals surface area contributed by atoms with E-state index in [1.807, 2.05) is 0 Å². The lowest BCUT2D eigenvalue weighted by atomic mass is 9.45. The second-order valence-corrected chi connectivity index (χ2v) is 9.15. The van der Waals surface area contributed by atoms with Crippen molar-refractivity contribution in [2.75, 3.05) is 0 Å². The summed E-state index contributed by atoms with van der Waals surface area (Å²) in [6.45, 7) is 4.77. The van der Waals surface area contributed by atoms with Crippen LogP contribution >= 0.6 is 0 Å². The molecule has 4 aliphatic carbocycles. The monoisotopic (exact) mass is 290 g/mol. The number of rotatable bonds is 0. The van der Waals surface area contributed by atoms with Gasteiger partial charge in [0, 0.05) is 12.3 Å². The van der Waals surface area contributed by atoms with Gasteiger partial charge in [-0.05, 0) is 73.5 Å². The van der Waals surface area contributed by atoms with E-state index >= 15 is 0 Å². The fraction of sp³-hybridized carbons (Fsp3) is 0.947. The smallest absolute Gasteiger partial charge is 0.137 e. The highest BCUT2D eigenvalue weighted by Gasteiger charge is 2.60. The van der Waals surface area contributed by atoms with Gasteiger partial charge in [0.15, 0.2) is 0 Å². The van der Waals surface area contributed by atoms with Crippen LogP contribution in [0.15, 0.2) is 0 Å². The average molecular weight is 290 g/mol. The Bertz CT molecular complexity index is 458. The number of carbonyl (C=O) groups excluding carboxylic acids is 1. The maximum atomic E-state index is 13.1. The minimum Gasteiger partial charge on any atom is -0.393 e. The molecule has 0 saturated heterocycles. The molecule has 0 heterocycles. The van der Waals surface area contributed by atoms with Gasteiger partial charge in [0.1, 0.15) is 5.78 Å². The van der Waals surface area contributed by atoms with Crippen LogP contribution in [0.4, 0.5) is 0 Å². The van der Waals surface area contributed by atoms with Gasteiger partial charge < -0.3 is 5.11 Å². The van der Waals surface area contributed by atoms with Gasteiger partial charge in [0.05, 0.1) is 6.10 Å². The van der Waals surface area contributed by atoms with Crippen molar-refractivity contribution in [3.05, 3.63) is 0 Å². The highest BCUT2D eigenvalue weighted by molar-refractivity contribution is 5.84. The lowest BCUT2D eigenvalue weighted by Gasteiger charge is -2.59. The van der Waals surface area contributed by atoms with Crippen LogP contribution in [0.5, 0.6) is 0 Å². The van der Waals surface area contributed by atoms with Crippen molar-refractivity contribution in [3.8, 4) is 0 Å². The van der Waals surface area contributed by atoms with Gasteiger partial charge in [-0.25, -0.2) is 0 Å². The van der Waals surface area contributed by atoms with Gasteiger partial charge in [-0.1, -0.05) is 20.3 Å². The summed E-state index contributed by atoms with van der Waals surface area (Å²) in [5.41, 5.74) is 0.499. The molecule has 4 saturated carbocycles. The first-order valence-electron chi connectivity index (χ1n) is 9.15. The zero-order valence-electron chi connectivity index (χ0n) is 13.6. The van der Waals surface area contributed by atoms with Crippen LogP contribution in [0.3, 0.4) is 0 Å². The van der Waals surface area contributed by atoms with E-state index in [1.165, 1.54) is 32.1 Å². The molecule has 1 N–H and O–H groups in total. The summed E-state index contributed by atoms with van der Waals surface area (Å²) >= 11 is 0. The van der Waals surface area contributed by atoms with E-state index in [9.17, 15) is 9.90 Å². The summed E-state index contributed by atoms with van der Waals surface area (Å²) in [4.78, 5) is 13.1. The van der Waals surface area contributed by atoms with E-state index in [0.29, 0.717) is 29.0 Å². The molecule has 4 fully saturated rings. The number of Topliss-reactive ketones (excluding diaryl/α,β-unsaturated/α-hetero) is 1. The number of aliphatic hydroxyl groups is 1. The molecule has 0 amide bonds. The summed E-state index contributed by atoms with van der Waals surface area (Å²) < 4.78 is 0. The quantitative estimate of drug-likeness (QED) is 0.733. The van der Waals surface area contributed by atoms with Gasteiger partial charge in [0.25, 0.3) is 0 Å². The van der Waals surface area contributed by atoms with Crippen LogP contribution in [-0.2, 0) is 4.79 Å². The molecule has 4 aliphatic rings. The Morgan fingerprint density at radius 3 is 2.71 bits per heavy atom. The molecule has 118 valence electrons. The molecule has 0 aromatic heterocycles. The van der Waals surface area contributed by atoms with Crippen molar-refractivity contribution in [1.29, 1.82) is 0 Å². The molecular formula is C19H30O2. The summed E-state index contributed by atoms with van der Waals surface area (Å²) in [6.07, 6.45) is 10.1. The zero-order valence-corrected chi connectivity index (χ0v) is 13.6. The number of carbonyl (C=O) groups is 1. The van der Waals surface area contributed by atoms with E-state index in [4.69, 9.17) is 0 Å². The van der Waals surface area contributed by atoms with Crippen LogP contribution in [0.2, 0.25) is 0 Å². The van der Waals surface area contributed by atoms with Crippen molar-refractivity contribution in [3.63, 3.8) is 0 Å². The second-order valence-electron chi connectivity index (χ2n) is 9.15. The number of ketones is 1. The predicted molar refractivity (Wildman–Crippen MR) is 82.7 cm³/mol. The van der Waals surface area contributed by atoms with Gasteiger partial charge in [-0.3, -0.25) is 4.79 Å². The van der Waals surface area contributed by atoms with Gasteiger partial charge in [-0.2, -0.15) is 0 Å². The zero-order chi connectivity index (χ0) is 14.8. The molecule has 21 heavy (non-hydrogen) atoms. The third-order valence-corrected chi connectivity index (χ3v) is 8.09. The Labute approximate surface area is 128 Å². The molecule has 0 bridgehead atoms. The molecule has 2 nitrogen and oxygen atoms in total. The lowest BCUT2D eigenvalue weighted by Crippen LogP contribution is -2.56. The Morgan fingerprint density at radius 1 is 1.10 bits per heavy atom. The fourth-order valence-electron chi connectivity index (χ4n) is 7.06. The number of hydrogen-bond donors (Lipinski definition) is 1. The average Bonchev–Trinajstić information content (AvgIpc) is 2.80. The minimum atomic E-state index is -0.116. The van der Waals surface area contributed by atoms with Crippen molar-refractivity contribution < 1.29 is 9.90 Å². The Balaban J connectivity index is 1.69. The topological polar surface area (TPSA) is 37.3 Å². The van der Waals surface area contributed by atoms with Gasteiger partial charge in [-0.15, -0.1) is 0 Å². The highest BCUT2D eigenvalue weighted by Crippen LogP contribution is 2.65. The molecule has 0 aromatic carbocycles. The summed E-state index contributed by atoms with van der Waals surface area (Å²) in [5, 5.41) is 10.0. The van der Waals surface area contributed by atoms with E-state index in [0.717, 1.165) is 31.6 Å².